The minimum Gasteiger partial charge on any atom is -0.481 e. The number of ether oxygens (including phenoxy) is 1. The van der Waals surface area contributed by atoms with Gasteiger partial charge in [-0.05, 0) is 37.8 Å². The summed E-state index contributed by atoms with van der Waals surface area (Å²) in [6.07, 6.45) is 2.66. The number of thiophene rings is 1. The SMILES string of the molecule is COC(=O)c1c(-c2cc(C)ccc2C)csc1NC(=O)[C@@H]1CCCC[C@@H]1C(=O)O. The Kier molecular flexibility index (Phi) is 6.37. The van der Waals surface area contributed by atoms with Crippen molar-refractivity contribution in [2.45, 2.75) is 39.5 Å². The molecule has 0 spiro atoms. The number of carbonyl (C=O) groups is 3. The summed E-state index contributed by atoms with van der Waals surface area (Å²) in [5.74, 6) is -3.12. The molecule has 3 rings (SSSR count). The average Bonchev–Trinajstić information content (AvgIpc) is 3.12. The van der Waals surface area contributed by atoms with Gasteiger partial charge in [0.2, 0.25) is 5.91 Å². The molecule has 0 radical (unpaired) electrons. The van der Waals surface area contributed by atoms with Crippen molar-refractivity contribution in [1.29, 1.82) is 0 Å². The van der Waals surface area contributed by atoms with Crippen LogP contribution in [0.25, 0.3) is 11.1 Å². The number of methoxy groups -OCH3 is 1. The summed E-state index contributed by atoms with van der Waals surface area (Å²) >= 11 is 1.25. The minimum atomic E-state index is -0.944. The first-order chi connectivity index (χ1) is 13.8. The van der Waals surface area contributed by atoms with E-state index in [9.17, 15) is 19.5 Å². The summed E-state index contributed by atoms with van der Waals surface area (Å²) in [7, 11) is 1.31. The molecule has 2 atom stereocenters. The molecule has 1 aromatic carbocycles. The molecule has 1 heterocycles. The third kappa shape index (κ3) is 4.34. The fraction of sp³-hybridized carbons (Fsp3) is 0.409. The Bertz CT molecular complexity index is 949. The average molecular weight is 416 g/mol. The predicted octanol–water partition coefficient (Wildman–Crippen LogP) is 4.65. The second kappa shape index (κ2) is 8.78. The summed E-state index contributed by atoms with van der Waals surface area (Å²) < 4.78 is 4.98. The van der Waals surface area contributed by atoms with Crippen molar-refractivity contribution in [1.82, 2.24) is 0 Å². The van der Waals surface area contributed by atoms with Crippen molar-refractivity contribution in [2.75, 3.05) is 12.4 Å². The number of nitrogens with one attached hydrogen (secondary N) is 1. The molecule has 1 fully saturated rings. The highest BCUT2D eigenvalue weighted by Crippen LogP contribution is 2.39. The lowest BCUT2D eigenvalue weighted by Crippen LogP contribution is -2.36. The number of rotatable bonds is 5. The van der Waals surface area contributed by atoms with Crippen molar-refractivity contribution in [3.63, 3.8) is 0 Å². The van der Waals surface area contributed by atoms with Crippen molar-refractivity contribution in [3.8, 4) is 11.1 Å². The van der Waals surface area contributed by atoms with Gasteiger partial charge in [-0.25, -0.2) is 4.79 Å². The molecule has 0 saturated heterocycles. The van der Waals surface area contributed by atoms with E-state index in [0.29, 0.717) is 29.0 Å². The van der Waals surface area contributed by atoms with Crippen molar-refractivity contribution >= 4 is 34.2 Å². The van der Waals surface area contributed by atoms with E-state index in [2.05, 4.69) is 5.32 Å². The van der Waals surface area contributed by atoms with Gasteiger partial charge in [0.15, 0.2) is 0 Å². The highest BCUT2D eigenvalue weighted by Gasteiger charge is 2.36. The summed E-state index contributed by atoms with van der Waals surface area (Å²) in [6.45, 7) is 3.94. The van der Waals surface area contributed by atoms with Crippen LogP contribution in [-0.4, -0.2) is 30.1 Å². The molecule has 2 aromatic rings. The first kappa shape index (κ1) is 21.0. The van der Waals surface area contributed by atoms with Crippen molar-refractivity contribution in [3.05, 3.63) is 40.3 Å². The lowest BCUT2D eigenvalue weighted by atomic mass is 9.78. The van der Waals surface area contributed by atoms with Gasteiger partial charge in [0.25, 0.3) is 0 Å². The molecule has 0 bridgehead atoms. The number of esters is 1. The molecule has 1 amide bonds. The van der Waals surface area contributed by atoms with E-state index in [1.807, 2.05) is 37.4 Å². The Balaban J connectivity index is 1.97. The number of anilines is 1. The third-order valence-electron chi connectivity index (χ3n) is 5.52. The van der Waals surface area contributed by atoms with Crippen LogP contribution in [0.4, 0.5) is 5.00 Å². The van der Waals surface area contributed by atoms with Gasteiger partial charge >= 0.3 is 11.9 Å². The Morgan fingerprint density at radius 1 is 1.10 bits per heavy atom. The highest BCUT2D eigenvalue weighted by atomic mass is 32.1. The van der Waals surface area contributed by atoms with Crippen LogP contribution in [0.2, 0.25) is 0 Å². The van der Waals surface area contributed by atoms with Gasteiger partial charge in [-0.2, -0.15) is 0 Å². The second-order valence-corrected chi connectivity index (χ2v) is 8.37. The maximum absolute atomic E-state index is 12.9. The lowest BCUT2D eigenvalue weighted by Gasteiger charge is -2.27. The summed E-state index contributed by atoms with van der Waals surface area (Å²) in [6, 6.07) is 5.99. The van der Waals surface area contributed by atoms with E-state index in [0.717, 1.165) is 29.5 Å². The maximum Gasteiger partial charge on any atom is 0.341 e. The maximum atomic E-state index is 12.9. The van der Waals surface area contributed by atoms with Gasteiger partial charge in [0.1, 0.15) is 10.6 Å². The zero-order chi connectivity index (χ0) is 21.1. The predicted molar refractivity (Wildman–Crippen MR) is 112 cm³/mol. The number of benzene rings is 1. The van der Waals surface area contributed by atoms with Crippen LogP contribution in [0.1, 0.15) is 47.2 Å². The molecule has 1 saturated carbocycles. The van der Waals surface area contributed by atoms with Gasteiger partial charge < -0.3 is 15.2 Å². The van der Waals surface area contributed by atoms with Crippen molar-refractivity contribution < 1.29 is 24.2 Å². The van der Waals surface area contributed by atoms with Gasteiger partial charge in [-0.1, -0.05) is 36.6 Å². The number of hydrogen-bond donors (Lipinski definition) is 2. The Morgan fingerprint density at radius 3 is 2.45 bits per heavy atom. The number of carboxylic acid groups (broad SMARTS) is 1. The summed E-state index contributed by atoms with van der Waals surface area (Å²) in [4.78, 5) is 37.0. The number of hydrogen-bond acceptors (Lipinski definition) is 5. The Labute approximate surface area is 173 Å². The van der Waals surface area contributed by atoms with E-state index >= 15 is 0 Å². The van der Waals surface area contributed by atoms with E-state index < -0.39 is 23.8 Å². The molecular formula is C22H25NO5S. The van der Waals surface area contributed by atoms with Crippen LogP contribution in [0.15, 0.2) is 23.6 Å². The Morgan fingerprint density at radius 2 is 1.79 bits per heavy atom. The normalized spacial score (nSPS) is 18.9. The third-order valence-corrected chi connectivity index (χ3v) is 6.42. The van der Waals surface area contributed by atoms with Crippen LogP contribution in [0.3, 0.4) is 0 Å². The standard InChI is InChI=1S/C22H25NO5S/c1-12-8-9-13(2)16(10-12)17-11-29-20(18(17)22(27)28-3)23-19(24)14-6-4-5-7-15(14)21(25)26/h8-11,14-15H,4-7H2,1-3H3,(H,23,24)(H,25,26)/t14-,15+/m1/s1. The minimum absolute atomic E-state index is 0.308. The van der Waals surface area contributed by atoms with Gasteiger partial charge in [0.05, 0.1) is 18.9 Å². The quantitative estimate of drug-likeness (QED) is 0.694. The highest BCUT2D eigenvalue weighted by molar-refractivity contribution is 7.15. The Hall–Kier alpha value is -2.67. The monoisotopic (exact) mass is 415 g/mol. The fourth-order valence-electron chi connectivity index (χ4n) is 3.92. The molecule has 1 aliphatic rings. The molecule has 29 heavy (non-hydrogen) atoms. The van der Waals surface area contributed by atoms with Crippen LogP contribution in [0, 0.1) is 25.7 Å². The van der Waals surface area contributed by atoms with E-state index in [4.69, 9.17) is 4.74 Å². The van der Waals surface area contributed by atoms with Crippen LogP contribution >= 0.6 is 11.3 Å². The van der Waals surface area contributed by atoms with Gasteiger partial charge in [-0.3, -0.25) is 9.59 Å². The zero-order valence-corrected chi connectivity index (χ0v) is 17.6. The fourth-order valence-corrected chi connectivity index (χ4v) is 4.87. The number of aliphatic carboxylic acids is 1. The van der Waals surface area contributed by atoms with Gasteiger partial charge in [0, 0.05) is 10.9 Å². The zero-order valence-electron chi connectivity index (χ0n) is 16.8. The first-order valence-corrected chi connectivity index (χ1v) is 10.5. The summed E-state index contributed by atoms with van der Waals surface area (Å²) in [5.41, 5.74) is 3.99. The van der Waals surface area contributed by atoms with E-state index in [-0.39, 0.29) is 5.91 Å². The molecule has 7 heteroatoms. The molecule has 1 aromatic heterocycles. The molecule has 1 aliphatic carbocycles. The smallest absolute Gasteiger partial charge is 0.341 e. The summed E-state index contributed by atoms with van der Waals surface area (Å²) in [5, 5.41) is 14.5. The lowest BCUT2D eigenvalue weighted by molar-refractivity contribution is -0.147. The molecule has 0 unspecified atom stereocenters. The molecule has 0 aliphatic heterocycles. The number of aryl methyl sites for hydroxylation is 2. The topological polar surface area (TPSA) is 92.7 Å². The molecular weight excluding hydrogens is 390 g/mol. The van der Waals surface area contributed by atoms with Gasteiger partial charge in [-0.15, -0.1) is 11.3 Å². The molecule has 154 valence electrons. The van der Waals surface area contributed by atoms with E-state index in [1.54, 1.807) is 0 Å². The number of amides is 1. The number of carbonyl (C=O) groups excluding carboxylic acids is 2. The first-order valence-electron chi connectivity index (χ1n) is 9.64. The van der Waals surface area contributed by atoms with Crippen LogP contribution in [0.5, 0.6) is 0 Å². The largest absolute Gasteiger partial charge is 0.481 e. The van der Waals surface area contributed by atoms with E-state index in [1.165, 1.54) is 18.4 Å². The molecule has 2 N–H and O–H groups in total. The van der Waals surface area contributed by atoms with Crippen LogP contribution in [-0.2, 0) is 14.3 Å². The van der Waals surface area contributed by atoms with Crippen molar-refractivity contribution in [2.24, 2.45) is 11.8 Å². The van der Waals surface area contributed by atoms with Crippen LogP contribution < -0.4 is 5.32 Å². The molecule has 6 nitrogen and oxygen atoms in total. The number of carboxylic acids is 1. The second-order valence-electron chi connectivity index (χ2n) is 7.49.